The van der Waals surface area contributed by atoms with Crippen LogP contribution in [0, 0.1) is 11.3 Å². The first-order valence-electron chi connectivity index (χ1n) is 19.6. The molecule has 11 rings (SSSR count). The summed E-state index contributed by atoms with van der Waals surface area (Å²) in [4.78, 5) is 15.5. The topological polar surface area (TPSA) is 75.6 Å². The van der Waals surface area contributed by atoms with Crippen LogP contribution in [-0.4, -0.2) is 15.0 Å². The summed E-state index contributed by atoms with van der Waals surface area (Å²) in [7, 11) is 0. The Morgan fingerprint density at radius 2 is 0.915 bits per heavy atom. The Balaban J connectivity index is 1.05. The third kappa shape index (κ3) is 6.08. The van der Waals surface area contributed by atoms with E-state index in [0.717, 1.165) is 77.0 Å². The number of fused-ring (bicyclic) bond motifs is 6. The van der Waals surface area contributed by atoms with Crippen LogP contribution >= 0.6 is 0 Å². The van der Waals surface area contributed by atoms with Gasteiger partial charge >= 0.3 is 0 Å². The van der Waals surface area contributed by atoms with E-state index in [4.69, 9.17) is 19.4 Å². The van der Waals surface area contributed by atoms with Crippen LogP contribution in [-0.2, 0) is 0 Å². The number of rotatable bonds is 6. The van der Waals surface area contributed by atoms with Crippen LogP contribution in [0.5, 0.6) is 0 Å². The molecule has 59 heavy (non-hydrogen) atoms. The molecule has 0 bridgehead atoms. The first-order valence-corrected chi connectivity index (χ1v) is 19.6. The average molecular weight is 753 g/mol. The lowest BCUT2D eigenvalue weighted by molar-refractivity contribution is 0.669. The molecule has 5 heteroatoms. The van der Waals surface area contributed by atoms with Gasteiger partial charge < -0.3 is 4.42 Å². The van der Waals surface area contributed by atoms with E-state index in [0.29, 0.717) is 23.0 Å². The number of hydrogen-bond acceptors (Lipinski definition) is 5. The van der Waals surface area contributed by atoms with Gasteiger partial charge in [0.05, 0.1) is 11.6 Å². The number of hydrogen-bond donors (Lipinski definition) is 0. The van der Waals surface area contributed by atoms with Crippen molar-refractivity contribution in [2.45, 2.75) is 0 Å². The smallest absolute Gasteiger partial charge is 0.164 e. The van der Waals surface area contributed by atoms with Crippen molar-refractivity contribution >= 4 is 43.5 Å². The molecular formula is C54H32N4O. The van der Waals surface area contributed by atoms with Crippen LogP contribution in [0.25, 0.3) is 111 Å². The standard InChI is InChI=1S/C54H32N4O/c55-33-34-17-19-36(20-18-34)38-23-27-40(28-24-38)52-56-53(58-54(57-52)48-31-41-11-4-5-12-43(41)45-13-6-7-14-46(45)48)42-29-30-47-50(32-42)59-49-16-8-15-44(51(47)49)39-25-21-37(22-26-39)35-9-2-1-3-10-35/h1-32H. The fraction of sp³-hybridized carbons (Fsp3) is 0. The van der Waals surface area contributed by atoms with E-state index in [2.05, 4.69) is 146 Å². The zero-order valence-electron chi connectivity index (χ0n) is 31.7. The van der Waals surface area contributed by atoms with Crippen molar-refractivity contribution in [2.75, 3.05) is 0 Å². The number of benzene rings is 9. The van der Waals surface area contributed by atoms with E-state index >= 15 is 0 Å². The Labute approximate surface area is 340 Å². The van der Waals surface area contributed by atoms with Crippen LogP contribution in [0.1, 0.15) is 5.56 Å². The quantitative estimate of drug-likeness (QED) is 0.158. The molecule has 0 amide bonds. The maximum Gasteiger partial charge on any atom is 0.164 e. The maximum absolute atomic E-state index is 9.28. The van der Waals surface area contributed by atoms with Crippen molar-refractivity contribution in [1.82, 2.24) is 15.0 Å². The highest BCUT2D eigenvalue weighted by molar-refractivity contribution is 6.14. The van der Waals surface area contributed by atoms with Gasteiger partial charge in [0.1, 0.15) is 11.2 Å². The molecule has 0 radical (unpaired) electrons. The van der Waals surface area contributed by atoms with Crippen LogP contribution in [0.15, 0.2) is 199 Å². The normalized spacial score (nSPS) is 11.4. The molecule has 2 heterocycles. The third-order valence-corrected chi connectivity index (χ3v) is 11.2. The second kappa shape index (κ2) is 14.1. The van der Waals surface area contributed by atoms with Gasteiger partial charge in [0.15, 0.2) is 17.5 Å². The molecule has 5 nitrogen and oxygen atoms in total. The molecular weight excluding hydrogens is 721 g/mol. The van der Waals surface area contributed by atoms with Gasteiger partial charge in [-0.25, -0.2) is 15.0 Å². The second-order valence-electron chi connectivity index (χ2n) is 14.7. The highest BCUT2D eigenvalue weighted by Crippen LogP contribution is 2.40. The van der Waals surface area contributed by atoms with Gasteiger partial charge in [-0.2, -0.15) is 5.26 Å². The highest BCUT2D eigenvalue weighted by Gasteiger charge is 2.19. The van der Waals surface area contributed by atoms with Gasteiger partial charge in [0.25, 0.3) is 0 Å². The average Bonchev–Trinajstić information content (AvgIpc) is 3.70. The summed E-state index contributed by atoms with van der Waals surface area (Å²) < 4.78 is 6.59. The highest BCUT2D eigenvalue weighted by atomic mass is 16.3. The Kier molecular flexibility index (Phi) is 8.13. The zero-order chi connectivity index (χ0) is 39.3. The van der Waals surface area contributed by atoms with Gasteiger partial charge in [0, 0.05) is 27.5 Å². The SMILES string of the molecule is N#Cc1ccc(-c2ccc(-c3nc(-c4ccc5c(c4)oc4cccc(-c6ccc(-c7ccccc7)cc6)c45)nc(-c4cc5ccccc5c5ccccc45)n3)cc2)cc1. The van der Waals surface area contributed by atoms with E-state index in [1.54, 1.807) is 0 Å². The summed E-state index contributed by atoms with van der Waals surface area (Å²) in [6.45, 7) is 0. The number of nitriles is 1. The van der Waals surface area contributed by atoms with Gasteiger partial charge in [-0.3, -0.25) is 0 Å². The molecule has 0 saturated heterocycles. The Hall–Kier alpha value is -8.20. The first kappa shape index (κ1) is 34.1. The van der Waals surface area contributed by atoms with Gasteiger partial charge in [-0.05, 0) is 91.3 Å². The van der Waals surface area contributed by atoms with Crippen molar-refractivity contribution in [3.63, 3.8) is 0 Å². The summed E-state index contributed by atoms with van der Waals surface area (Å²) >= 11 is 0. The van der Waals surface area contributed by atoms with Crippen molar-refractivity contribution < 1.29 is 4.42 Å². The van der Waals surface area contributed by atoms with Crippen molar-refractivity contribution in [1.29, 1.82) is 5.26 Å². The van der Waals surface area contributed by atoms with Crippen molar-refractivity contribution in [3.05, 3.63) is 200 Å². The Morgan fingerprint density at radius 3 is 1.64 bits per heavy atom. The molecule has 9 aromatic carbocycles. The molecule has 0 unspecified atom stereocenters. The molecule has 0 aliphatic carbocycles. The van der Waals surface area contributed by atoms with Crippen LogP contribution in [0.2, 0.25) is 0 Å². The minimum absolute atomic E-state index is 0.553. The summed E-state index contributed by atoms with van der Waals surface area (Å²) in [5.41, 5.74) is 11.5. The zero-order valence-corrected chi connectivity index (χ0v) is 31.7. The molecule has 0 aliphatic rings. The number of aromatic nitrogens is 3. The summed E-state index contributed by atoms with van der Waals surface area (Å²) in [6.07, 6.45) is 0. The van der Waals surface area contributed by atoms with Crippen LogP contribution < -0.4 is 0 Å². The van der Waals surface area contributed by atoms with Gasteiger partial charge in [0.2, 0.25) is 0 Å². The lowest BCUT2D eigenvalue weighted by atomic mass is 9.96. The summed E-state index contributed by atoms with van der Waals surface area (Å²) in [5, 5.41) is 15.9. The van der Waals surface area contributed by atoms with Crippen LogP contribution in [0.3, 0.4) is 0 Å². The third-order valence-electron chi connectivity index (χ3n) is 11.2. The van der Waals surface area contributed by atoms with Crippen molar-refractivity contribution in [2.24, 2.45) is 0 Å². The lowest BCUT2D eigenvalue weighted by Gasteiger charge is -2.12. The second-order valence-corrected chi connectivity index (χ2v) is 14.7. The first-order chi connectivity index (χ1) is 29.2. The molecule has 11 aromatic rings. The van der Waals surface area contributed by atoms with Crippen LogP contribution in [0.4, 0.5) is 0 Å². The Bertz CT molecular complexity index is 3420. The van der Waals surface area contributed by atoms with Crippen molar-refractivity contribution in [3.8, 4) is 73.6 Å². The summed E-state index contributed by atoms with van der Waals surface area (Å²) in [6, 6.07) is 68.8. The minimum atomic E-state index is 0.553. The van der Waals surface area contributed by atoms with E-state index in [1.807, 2.05) is 54.6 Å². The molecule has 0 aliphatic heterocycles. The molecule has 0 N–H and O–H groups in total. The molecule has 274 valence electrons. The fourth-order valence-corrected chi connectivity index (χ4v) is 8.22. The maximum atomic E-state index is 9.28. The molecule has 0 fully saturated rings. The lowest BCUT2D eigenvalue weighted by Crippen LogP contribution is -2.01. The molecule has 0 atom stereocenters. The minimum Gasteiger partial charge on any atom is -0.456 e. The van der Waals surface area contributed by atoms with E-state index in [-0.39, 0.29) is 0 Å². The Morgan fingerprint density at radius 1 is 0.356 bits per heavy atom. The number of nitrogens with zero attached hydrogens (tertiary/aromatic N) is 4. The number of furan rings is 1. The van der Waals surface area contributed by atoms with E-state index in [9.17, 15) is 5.26 Å². The monoisotopic (exact) mass is 752 g/mol. The fourth-order valence-electron chi connectivity index (χ4n) is 8.22. The van der Waals surface area contributed by atoms with Gasteiger partial charge in [-0.15, -0.1) is 0 Å². The van der Waals surface area contributed by atoms with E-state index < -0.39 is 0 Å². The molecule has 2 aromatic heterocycles. The summed E-state index contributed by atoms with van der Waals surface area (Å²) in [5.74, 6) is 1.71. The predicted molar refractivity (Wildman–Crippen MR) is 239 cm³/mol. The van der Waals surface area contributed by atoms with Gasteiger partial charge in [-0.1, -0.05) is 158 Å². The molecule has 0 spiro atoms. The predicted octanol–water partition coefficient (Wildman–Crippen LogP) is 14.0. The molecule has 0 saturated carbocycles. The largest absolute Gasteiger partial charge is 0.456 e. The van der Waals surface area contributed by atoms with E-state index in [1.165, 1.54) is 16.5 Å².